The first-order chi connectivity index (χ1) is 4.25. The van der Waals surface area contributed by atoms with E-state index >= 15 is 0 Å². The summed E-state index contributed by atoms with van der Waals surface area (Å²) in [5.74, 6) is -0.0648. The van der Waals surface area contributed by atoms with Gasteiger partial charge in [-0.05, 0) is 6.92 Å². The maximum atomic E-state index is 10.0. The van der Waals surface area contributed by atoms with Crippen molar-refractivity contribution in [1.29, 1.82) is 0 Å². The zero-order valence-corrected chi connectivity index (χ0v) is 4.88. The summed E-state index contributed by atoms with van der Waals surface area (Å²) >= 11 is 0. The number of nitrogens with zero attached hydrogens (tertiary/aromatic N) is 1. The number of nitrogens with one attached hydrogen (secondary N) is 1. The van der Waals surface area contributed by atoms with Gasteiger partial charge in [0, 0.05) is 0 Å². The highest BCUT2D eigenvalue weighted by molar-refractivity contribution is 5.76. The first kappa shape index (κ1) is 5.81. The van der Waals surface area contributed by atoms with Crippen molar-refractivity contribution in [2.24, 2.45) is 0 Å². The fourth-order valence-electron chi connectivity index (χ4n) is 0.527. The molecule has 0 aliphatic carbocycles. The fourth-order valence-corrected chi connectivity index (χ4v) is 0.527. The van der Waals surface area contributed by atoms with E-state index in [0.717, 1.165) is 0 Å². The van der Waals surface area contributed by atoms with E-state index in [1.807, 2.05) is 0 Å². The van der Waals surface area contributed by atoms with Gasteiger partial charge in [0.25, 0.3) is 0 Å². The van der Waals surface area contributed by atoms with E-state index in [1.165, 1.54) is 0 Å². The molecule has 0 saturated carbocycles. The average Bonchev–Trinajstić information content (AvgIpc) is 2.15. The van der Waals surface area contributed by atoms with Gasteiger partial charge >= 0.3 is 0 Å². The maximum Gasteiger partial charge on any atom is 0.171 e. The molecule has 1 rings (SSSR count). The smallest absolute Gasteiger partial charge is 0.171 e. The summed E-state index contributed by atoms with van der Waals surface area (Å²) in [6, 6.07) is 0. The van der Waals surface area contributed by atoms with E-state index < -0.39 is 0 Å². The molecule has 0 amide bonds. The van der Waals surface area contributed by atoms with Crippen LogP contribution in [0.1, 0.15) is 16.2 Å². The highest BCUT2D eigenvalue weighted by Crippen LogP contribution is 2.14. The van der Waals surface area contributed by atoms with Crippen LogP contribution in [0.3, 0.4) is 0 Å². The Bertz CT molecular complexity index is 229. The number of aromatic hydroxyl groups is 1. The van der Waals surface area contributed by atoms with Gasteiger partial charge in [0.05, 0.1) is 0 Å². The van der Waals surface area contributed by atoms with Crippen molar-refractivity contribution in [2.75, 3.05) is 0 Å². The first-order valence-electron chi connectivity index (χ1n) is 2.45. The van der Waals surface area contributed by atoms with Crippen molar-refractivity contribution in [1.82, 2.24) is 10.2 Å². The van der Waals surface area contributed by atoms with Crippen LogP contribution in [0.25, 0.3) is 0 Å². The highest BCUT2D eigenvalue weighted by atomic mass is 16.3. The van der Waals surface area contributed by atoms with Crippen LogP contribution in [0.15, 0.2) is 0 Å². The summed E-state index contributed by atoms with van der Waals surface area (Å²) < 4.78 is 0. The topological polar surface area (TPSA) is 66.0 Å². The van der Waals surface area contributed by atoms with Gasteiger partial charge in [-0.15, -0.1) is 0 Å². The fraction of sp³-hybridized carbons (Fsp3) is 0.200. The van der Waals surface area contributed by atoms with Gasteiger partial charge in [-0.1, -0.05) is 0 Å². The van der Waals surface area contributed by atoms with Crippen LogP contribution >= 0.6 is 0 Å². The number of carbonyl (C=O) groups excluding carboxylic acids is 1. The third-order valence-corrected chi connectivity index (χ3v) is 1.06. The minimum Gasteiger partial charge on any atom is -0.504 e. The van der Waals surface area contributed by atoms with Gasteiger partial charge < -0.3 is 5.11 Å². The molecule has 0 bridgehead atoms. The van der Waals surface area contributed by atoms with Crippen LogP contribution in [0.2, 0.25) is 0 Å². The third-order valence-electron chi connectivity index (χ3n) is 1.06. The number of H-pyrrole nitrogens is 1. The maximum absolute atomic E-state index is 10.0. The highest BCUT2D eigenvalue weighted by Gasteiger charge is 2.04. The zero-order chi connectivity index (χ0) is 6.85. The zero-order valence-electron chi connectivity index (χ0n) is 4.88. The van der Waals surface area contributed by atoms with Gasteiger partial charge in [0.2, 0.25) is 0 Å². The van der Waals surface area contributed by atoms with Crippen molar-refractivity contribution in [3.05, 3.63) is 11.4 Å². The van der Waals surface area contributed by atoms with Crippen LogP contribution in [-0.2, 0) is 0 Å². The Kier molecular flexibility index (Phi) is 1.22. The van der Waals surface area contributed by atoms with E-state index in [1.54, 1.807) is 6.92 Å². The minimum atomic E-state index is -0.0648. The van der Waals surface area contributed by atoms with Crippen molar-refractivity contribution in [2.45, 2.75) is 6.92 Å². The van der Waals surface area contributed by atoms with Crippen LogP contribution < -0.4 is 0 Å². The number of hydrogen-bond donors (Lipinski definition) is 2. The lowest BCUT2D eigenvalue weighted by Crippen LogP contribution is -1.77. The number of aromatic amines is 1. The lowest BCUT2D eigenvalue weighted by atomic mass is 10.3. The molecule has 0 saturated heterocycles. The molecule has 0 fully saturated rings. The van der Waals surface area contributed by atoms with Crippen molar-refractivity contribution < 1.29 is 9.90 Å². The Hall–Kier alpha value is -1.32. The molecule has 1 heterocycles. The van der Waals surface area contributed by atoms with Crippen LogP contribution in [0.5, 0.6) is 5.75 Å². The van der Waals surface area contributed by atoms with E-state index in [2.05, 4.69) is 10.2 Å². The quantitative estimate of drug-likeness (QED) is 0.529. The molecule has 48 valence electrons. The normalized spacial score (nSPS) is 9.44. The Morgan fingerprint density at radius 1 is 1.78 bits per heavy atom. The summed E-state index contributed by atoms with van der Waals surface area (Å²) in [4.78, 5) is 10.0. The number of rotatable bonds is 1. The monoisotopic (exact) mass is 126 g/mol. The molecular formula is C5H6N2O2. The van der Waals surface area contributed by atoms with Crippen LogP contribution in [-0.4, -0.2) is 21.6 Å². The lowest BCUT2D eigenvalue weighted by molar-refractivity contribution is 0.111. The van der Waals surface area contributed by atoms with Crippen molar-refractivity contribution in [3.8, 4) is 5.75 Å². The Labute approximate surface area is 51.5 Å². The second-order valence-electron chi connectivity index (χ2n) is 1.69. The van der Waals surface area contributed by atoms with Crippen LogP contribution in [0.4, 0.5) is 0 Å². The molecule has 4 nitrogen and oxygen atoms in total. The van der Waals surface area contributed by atoms with E-state index in [4.69, 9.17) is 5.11 Å². The third kappa shape index (κ3) is 0.782. The number of aldehydes is 1. The van der Waals surface area contributed by atoms with Gasteiger partial charge in [0.1, 0.15) is 11.4 Å². The molecule has 0 aromatic carbocycles. The van der Waals surface area contributed by atoms with Gasteiger partial charge in [0.15, 0.2) is 12.0 Å². The Morgan fingerprint density at radius 3 is 2.67 bits per heavy atom. The van der Waals surface area contributed by atoms with Gasteiger partial charge in [-0.3, -0.25) is 9.89 Å². The summed E-state index contributed by atoms with van der Waals surface area (Å²) in [6.45, 7) is 1.61. The number of aromatic nitrogens is 2. The molecular weight excluding hydrogens is 120 g/mol. The predicted octanol–water partition coefficient (Wildman–Crippen LogP) is 0.236. The first-order valence-corrected chi connectivity index (χ1v) is 2.45. The molecule has 0 radical (unpaired) electrons. The molecule has 9 heavy (non-hydrogen) atoms. The SMILES string of the molecule is Cc1n[nH]c(C=O)c1O. The largest absolute Gasteiger partial charge is 0.504 e. The number of carbonyl (C=O) groups is 1. The second kappa shape index (κ2) is 1.89. The molecule has 1 aromatic rings. The predicted molar refractivity (Wildman–Crippen MR) is 30.4 cm³/mol. The van der Waals surface area contributed by atoms with Crippen molar-refractivity contribution in [3.63, 3.8) is 0 Å². The standard InChI is InChI=1S/C5H6N2O2/c1-3-5(9)4(2-8)7-6-3/h2,9H,1H3,(H,6,7). The van der Waals surface area contributed by atoms with E-state index in [0.29, 0.717) is 12.0 Å². The van der Waals surface area contributed by atoms with Gasteiger partial charge in [-0.25, -0.2) is 0 Å². The van der Waals surface area contributed by atoms with Gasteiger partial charge in [-0.2, -0.15) is 5.10 Å². The van der Waals surface area contributed by atoms with E-state index in [-0.39, 0.29) is 11.4 Å². The summed E-state index contributed by atoms with van der Waals surface area (Å²) in [5.41, 5.74) is 0.574. The lowest BCUT2D eigenvalue weighted by Gasteiger charge is -1.82. The van der Waals surface area contributed by atoms with Crippen LogP contribution in [0, 0.1) is 6.92 Å². The Balaban J connectivity index is 3.18. The molecule has 2 N–H and O–H groups in total. The molecule has 0 spiro atoms. The number of aryl methyl sites for hydroxylation is 1. The molecule has 0 unspecified atom stereocenters. The molecule has 4 heteroatoms. The summed E-state index contributed by atoms with van der Waals surface area (Å²) in [6.07, 6.45) is 0.523. The number of hydrogen-bond acceptors (Lipinski definition) is 3. The Morgan fingerprint density at radius 2 is 2.44 bits per heavy atom. The average molecular weight is 126 g/mol. The summed E-state index contributed by atoms with van der Waals surface area (Å²) in [5, 5.41) is 14.8. The second-order valence-corrected chi connectivity index (χ2v) is 1.69. The molecule has 0 aliphatic heterocycles. The minimum absolute atomic E-state index is 0.0648. The summed E-state index contributed by atoms with van der Waals surface area (Å²) in [7, 11) is 0. The van der Waals surface area contributed by atoms with E-state index in [9.17, 15) is 4.79 Å². The molecule has 0 aliphatic rings. The van der Waals surface area contributed by atoms with Crippen molar-refractivity contribution >= 4 is 6.29 Å². The molecule has 1 aromatic heterocycles. The molecule has 0 atom stereocenters.